The summed E-state index contributed by atoms with van der Waals surface area (Å²) < 4.78 is 20.2. The zero-order valence-corrected chi connectivity index (χ0v) is 30.6. The predicted molar refractivity (Wildman–Crippen MR) is 193 cm³/mol. The van der Waals surface area contributed by atoms with E-state index in [0.29, 0.717) is 22.4 Å². The number of Topliss-reactive ketones (excluding diaryl/α,β-unsaturated/α-hetero) is 1. The summed E-state index contributed by atoms with van der Waals surface area (Å²) in [7, 11) is 0. The number of nitrogen functional groups attached to an aromatic ring is 1. The number of nitrogens with one attached hydrogen (secondary N) is 2. The Bertz CT molecular complexity index is 2000. The number of carbonyl (C=O) groups is 4. The van der Waals surface area contributed by atoms with Gasteiger partial charge in [0.15, 0.2) is 5.78 Å². The number of carboxylic acids is 1. The molecule has 0 unspecified atom stereocenters. The summed E-state index contributed by atoms with van der Waals surface area (Å²) >= 11 is 0. The summed E-state index contributed by atoms with van der Waals surface area (Å²) in [5.74, 6) is -1.26. The van der Waals surface area contributed by atoms with Crippen LogP contribution in [0.5, 0.6) is 0 Å². The number of aryl methyl sites for hydroxylation is 2. The average Bonchev–Trinajstić information content (AvgIpc) is 2.95. The SMILES string of the molecule is C[C@H](NC(=O)OC(C)(C)C)C(=O)O.Cc1cc(=O)oc2cc(CC(=O)[C@H](C)NC(=O)OC(C)(C)C)ccc12.Cc1cc(=O)oc2cc(N)ccc12. The number of hydrogen-bond acceptors (Lipinski definition) is 11. The van der Waals surface area contributed by atoms with Gasteiger partial charge in [0.1, 0.15) is 28.4 Å². The number of carboxylic acid groups (broad SMARTS) is 1. The van der Waals surface area contributed by atoms with Crippen molar-refractivity contribution >= 4 is 51.6 Å². The van der Waals surface area contributed by atoms with Gasteiger partial charge in [-0.15, -0.1) is 0 Å². The Hall–Kier alpha value is -5.66. The summed E-state index contributed by atoms with van der Waals surface area (Å²) in [5.41, 5.74) is 7.60. The van der Waals surface area contributed by atoms with Crippen molar-refractivity contribution in [1.29, 1.82) is 0 Å². The van der Waals surface area contributed by atoms with Crippen LogP contribution in [0, 0.1) is 13.8 Å². The molecule has 0 aliphatic rings. The smallest absolute Gasteiger partial charge is 0.408 e. The number of alkyl carbamates (subject to hydrolysis) is 2. The van der Waals surface area contributed by atoms with E-state index in [2.05, 4.69) is 10.6 Å². The fourth-order valence-corrected chi connectivity index (χ4v) is 4.29. The second-order valence-corrected chi connectivity index (χ2v) is 13.8. The Kier molecular flexibility index (Phi) is 14.1. The third kappa shape index (κ3) is 14.4. The number of ketones is 1. The molecule has 0 aliphatic carbocycles. The molecule has 4 aromatic rings. The molecule has 4 rings (SSSR count). The highest BCUT2D eigenvalue weighted by molar-refractivity contribution is 5.90. The van der Waals surface area contributed by atoms with Crippen molar-refractivity contribution in [2.24, 2.45) is 0 Å². The van der Waals surface area contributed by atoms with Crippen molar-refractivity contribution in [1.82, 2.24) is 10.6 Å². The van der Waals surface area contributed by atoms with Crippen LogP contribution < -0.4 is 27.6 Å². The number of aliphatic carboxylic acids is 1. The van der Waals surface area contributed by atoms with Crippen LogP contribution in [0.25, 0.3) is 21.9 Å². The van der Waals surface area contributed by atoms with Crippen LogP contribution in [0.1, 0.15) is 72.1 Å². The first kappa shape index (κ1) is 41.5. The van der Waals surface area contributed by atoms with Crippen molar-refractivity contribution in [3.8, 4) is 0 Å². The Morgan fingerprint density at radius 2 is 1.16 bits per heavy atom. The molecule has 2 atom stereocenters. The van der Waals surface area contributed by atoms with Crippen LogP contribution in [-0.2, 0) is 25.5 Å². The zero-order chi connectivity index (χ0) is 38.8. The molecule has 0 bridgehead atoms. The summed E-state index contributed by atoms with van der Waals surface area (Å²) in [6, 6.07) is 11.9. The first-order valence-electron chi connectivity index (χ1n) is 16.0. The van der Waals surface area contributed by atoms with Gasteiger partial charge >= 0.3 is 29.4 Å². The lowest BCUT2D eigenvalue weighted by Crippen LogP contribution is -2.42. The molecule has 0 saturated carbocycles. The molecule has 276 valence electrons. The number of fused-ring (bicyclic) bond motifs is 2. The Balaban J connectivity index is 0.000000292. The molecule has 5 N–H and O–H groups in total. The van der Waals surface area contributed by atoms with E-state index in [-0.39, 0.29) is 17.8 Å². The molecule has 2 heterocycles. The molecular formula is C37H47N3O11. The van der Waals surface area contributed by atoms with Crippen molar-refractivity contribution in [3.63, 3.8) is 0 Å². The Morgan fingerprint density at radius 3 is 1.61 bits per heavy atom. The van der Waals surface area contributed by atoms with Crippen LogP contribution in [0.4, 0.5) is 15.3 Å². The molecule has 0 spiro atoms. The highest BCUT2D eigenvalue weighted by atomic mass is 16.6. The molecule has 14 heteroatoms. The summed E-state index contributed by atoms with van der Waals surface area (Å²) in [6.45, 7) is 17.1. The normalized spacial score (nSPS) is 12.3. The molecule has 0 aliphatic heterocycles. The van der Waals surface area contributed by atoms with Gasteiger partial charge < -0.3 is 39.8 Å². The topological polar surface area (TPSA) is 217 Å². The van der Waals surface area contributed by atoms with Crippen molar-refractivity contribution < 1.29 is 42.6 Å². The standard InChI is InChI=1S/C19H23NO5.C10H9NO2.C8H15NO4/c1-11-8-17(22)24-16-10-13(6-7-14(11)16)9-15(21)12(2)20-18(23)25-19(3,4)5;1-6-4-10(12)13-9-5-7(11)2-3-8(6)9;1-5(6(10)11)9-7(12)13-8(2,3)4/h6-8,10,12H,9H2,1-5H3,(H,20,23);2-5H,11H2,1H3;5H,1-4H3,(H,9,12)(H,10,11)/t12-;;5-/m0.0/s1. The van der Waals surface area contributed by atoms with Gasteiger partial charge in [-0.3, -0.25) is 9.59 Å². The van der Waals surface area contributed by atoms with E-state index in [1.807, 2.05) is 32.0 Å². The fraction of sp³-hybridized carbons (Fsp3) is 0.405. The van der Waals surface area contributed by atoms with Gasteiger partial charge in [0, 0.05) is 41.1 Å². The van der Waals surface area contributed by atoms with Gasteiger partial charge in [-0.25, -0.2) is 19.2 Å². The van der Waals surface area contributed by atoms with Gasteiger partial charge in [-0.2, -0.15) is 0 Å². The lowest BCUT2D eigenvalue weighted by atomic mass is 10.0. The van der Waals surface area contributed by atoms with E-state index >= 15 is 0 Å². The van der Waals surface area contributed by atoms with Crippen molar-refractivity contribution in [2.75, 3.05) is 5.73 Å². The maximum absolute atomic E-state index is 12.3. The number of nitrogens with two attached hydrogens (primary N) is 1. The lowest BCUT2D eigenvalue weighted by molar-refractivity contribution is -0.139. The van der Waals surface area contributed by atoms with E-state index in [4.69, 9.17) is 29.1 Å². The molecule has 14 nitrogen and oxygen atoms in total. The second kappa shape index (κ2) is 17.3. The highest BCUT2D eigenvalue weighted by Crippen LogP contribution is 2.20. The van der Waals surface area contributed by atoms with Gasteiger partial charge in [0.05, 0.1) is 6.04 Å². The van der Waals surface area contributed by atoms with E-state index in [0.717, 1.165) is 21.9 Å². The van der Waals surface area contributed by atoms with Gasteiger partial charge in [0.2, 0.25) is 0 Å². The highest BCUT2D eigenvalue weighted by Gasteiger charge is 2.22. The Morgan fingerprint density at radius 1 is 0.725 bits per heavy atom. The molecule has 0 saturated heterocycles. The summed E-state index contributed by atoms with van der Waals surface area (Å²) in [6.07, 6.45) is -1.24. The molecule has 51 heavy (non-hydrogen) atoms. The van der Waals surface area contributed by atoms with E-state index in [1.165, 1.54) is 19.1 Å². The largest absolute Gasteiger partial charge is 0.480 e. The minimum atomic E-state index is -1.09. The third-order valence-electron chi connectivity index (χ3n) is 6.69. The first-order chi connectivity index (χ1) is 23.4. The third-order valence-corrected chi connectivity index (χ3v) is 6.69. The minimum Gasteiger partial charge on any atom is -0.480 e. The van der Waals surface area contributed by atoms with Crippen LogP contribution in [-0.4, -0.2) is 52.3 Å². The van der Waals surface area contributed by atoms with Crippen molar-refractivity contribution in [3.05, 3.63) is 86.1 Å². The van der Waals surface area contributed by atoms with Crippen LogP contribution in [0.15, 0.2) is 67.0 Å². The first-order valence-corrected chi connectivity index (χ1v) is 16.0. The van der Waals surface area contributed by atoms with E-state index in [9.17, 15) is 28.8 Å². The van der Waals surface area contributed by atoms with Crippen LogP contribution in [0.3, 0.4) is 0 Å². The summed E-state index contributed by atoms with van der Waals surface area (Å²) in [5, 5.41) is 14.9. The number of carbonyl (C=O) groups excluding carboxylic acids is 3. The quantitative estimate of drug-likeness (QED) is 0.138. The maximum Gasteiger partial charge on any atom is 0.408 e. The van der Waals surface area contributed by atoms with Gasteiger partial charge in [-0.1, -0.05) is 12.1 Å². The number of benzene rings is 2. The maximum atomic E-state index is 12.3. The molecule has 2 aromatic carbocycles. The minimum absolute atomic E-state index is 0.116. The van der Waals surface area contributed by atoms with Gasteiger partial charge in [0.25, 0.3) is 0 Å². The number of anilines is 1. The number of ether oxygens (including phenoxy) is 2. The summed E-state index contributed by atoms with van der Waals surface area (Å²) in [4.78, 5) is 67.9. The number of amides is 2. The molecule has 0 radical (unpaired) electrons. The van der Waals surface area contributed by atoms with Crippen molar-refractivity contribution in [2.45, 2.75) is 98.9 Å². The number of hydrogen-bond donors (Lipinski definition) is 4. The lowest BCUT2D eigenvalue weighted by Gasteiger charge is -2.21. The Labute approximate surface area is 295 Å². The molecule has 2 aromatic heterocycles. The molecule has 0 fully saturated rings. The molecular weight excluding hydrogens is 662 g/mol. The predicted octanol–water partition coefficient (Wildman–Crippen LogP) is 5.79. The second-order valence-electron chi connectivity index (χ2n) is 13.8. The van der Waals surface area contributed by atoms with Gasteiger partial charge in [-0.05, 0) is 104 Å². The van der Waals surface area contributed by atoms with E-state index in [1.54, 1.807) is 66.7 Å². The van der Waals surface area contributed by atoms with Crippen LogP contribution >= 0.6 is 0 Å². The van der Waals surface area contributed by atoms with E-state index < -0.39 is 47.1 Å². The monoisotopic (exact) mass is 709 g/mol. The van der Waals surface area contributed by atoms with Crippen LogP contribution in [0.2, 0.25) is 0 Å². The average molecular weight is 710 g/mol. The zero-order valence-electron chi connectivity index (χ0n) is 30.6. The number of rotatable bonds is 6. The molecule has 2 amide bonds. The fourth-order valence-electron chi connectivity index (χ4n) is 4.29.